The summed E-state index contributed by atoms with van der Waals surface area (Å²) < 4.78 is 0. The molecular weight excluding hydrogens is 290 g/mol. The zero-order chi connectivity index (χ0) is 16.8. The fourth-order valence-electron chi connectivity index (χ4n) is 2.89. The summed E-state index contributed by atoms with van der Waals surface area (Å²) in [4.78, 5) is 16.7. The van der Waals surface area contributed by atoms with E-state index in [4.69, 9.17) is 5.26 Å². The lowest BCUT2D eigenvalue weighted by atomic mass is 10.0. The Bertz CT molecular complexity index is 559. The normalized spacial score (nSPS) is 16.4. The van der Waals surface area contributed by atoms with Crippen LogP contribution >= 0.6 is 0 Å². The fraction of sp³-hybridized carbons (Fsp3) is 0.556. The number of carbonyl (C=O) groups excluding carboxylic acids is 1. The van der Waals surface area contributed by atoms with Gasteiger partial charge in [-0.15, -0.1) is 0 Å². The fourth-order valence-corrected chi connectivity index (χ4v) is 2.89. The highest BCUT2D eigenvalue weighted by molar-refractivity contribution is 5.94. The Labute approximate surface area is 138 Å². The number of likely N-dealkylation sites (N-methyl/N-ethyl adjacent to an activating group) is 1. The summed E-state index contributed by atoms with van der Waals surface area (Å²) in [6.45, 7) is 4.34. The second kappa shape index (κ2) is 8.09. The lowest BCUT2D eigenvalue weighted by molar-refractivity contribution is -0.0114. The van der Waals surface area contributed by atoms with E-state index in [2.05, 4.69) is 17.9 Å². The first-order chi connectivity index (χ1) is 11.0. The largest absolute Gasteiger partial charge is 0.390 e. The van der Waals surface area contributed by atoms with Crippen molar-refractivity contribution in [2.45, 2.75) is 38.3 Å². The van der Waals surface area contributed by atoms with E-state index in [0.29, 0.717) is 24.2 Å². The van der Waals surface area contributed by atoms with Crippen LogP contribution in [0.15, 0.2) is 24.3 Å². The minimum absolute atomic E-state index is 0.0170. The molecule has 1 atom stereocenters. The molecule has 1 heterocycles. The summed E-state index contributed by atoms with van der Waals surface area (Å²) in [7, 11) is 1.84. The van der Waals surface area contributed by atoms with Gasteiger partial charge in [-0.3, -0.25) is 9.69 Å². The van der Waals surface area contributed by atoms with Crippen LogP contribution < -0.4 is 0 Å². The summed E-state index contributed by atoms with van der Waals surface area (Å²) >= 11 is 0. The molecule has 1 aliphatic rings. The van der Waals surface area contributed by atoms with Crippen LogP contribution in [0.25, 0.3) is 0 Å². The molecule has 0 aliphatic carbocycles. The highest BCUT2D eigenvalue weighted by Crippen LogP contribution is 2.17. The molecule has 1 saturated heterocycles. The first kappa shape index (κ1) is 17.5. The lowest BCUT2D eigenvalue weighted by Gasteiger charge is -2.40. The van der Waals surface area contributed by atoms with Gasteiger partial charge in [0.25, 0.3) is 5.91 Å². The smallest absolute Gasteiger partial charge is 0.253 e. The van der Waals surface area contributed by atoms with Gasteiger partial charge in [0.1, 0.15) is 0 Å². The number of amides is 1. The number of β-amino-alcohol motifs (C(OH)–C–C–N with tert-alkyl or cyclic N) is 1. The molecule has 0 aromatic heterocycles. The minimum atomic E-state index is -0.221. The molecular formula is C18H25N3O2. The van der Waals surface area contributed by atoms with Gasteiger partial charge in [-0.1, -0.05) is 19.8 Å². The maximum Gasteiger partial charge on any atom is 0.253 e. The minimum Gasteiger partial charge on any atom is -0.390 e. The van der Waals surface area contributed by atoms with Crippen LogP contribution in [-0.2, 0) is 0 Å². The Hall–Kier alpha value is -1.90. The first-order valence-electron chi connectivity index (χ1n) is 8.23. The summed E-state index contributed by atoms with van der Waals surface area (Å²) in [5, 5.41) is 18.3. The lowest BCUT2D eigenvalue weighted by Crippen LogP contribution is -2.55. The number of unbranched alkanes of at least 4 members (excludes halogenated alkanes) is 1. The van der Waals surface area contributed by atoms with Gasteiger partial charge in [-0.2, -0.15) is 5.26 Å². The summed E-state index contributed by atoms with van der Waals surface area (Å²) in [6, 6.07) is 8.98. The Morgan fingerprint density at radius 3 is 2.61 bits per heavy atom. The van der Waals surface area contributed by atoms with Crippen LogP contribution in [0.2, 0.25) is 0 Å². The van der Waals surface area contributed by atoms with E-state index < -0.39 is 0 Å². The van der Waals surface area contributed by atoms with E-state index in [1.54, 1.807) is 24.3 Å². The number of nitrogens with zero attached hydrogens (tertiary/aromatic N) is 3. The van der Waals surface area contributed by atoms with Crippen LogP contribution in [-0.4, -0.2) is 59.6 Å². The van der Waals surface area contributed by atoms with Gasteiger partial charge in [0, 0.05) is 38.3 Å². The molecule has 0 saturated carbocycles. The number of likely N-dealkylation sites (tertiary alicyclic amines) is 1. The molecule has 2 rings (SSSR count). The van der Waals surface area contributed by atoms with Crippen molar-refractivity contribution >= 4 is 5.91 Å². The molecule has 0 radical (unpaired) electrons. The van der Waals surface area contributed by atoms with Gasteiger partial charge in [0.05, 0.1) is 17.7 Å². The third-order valence-electron chi connectivity index (χ3n) is 4.43. The van der Waals surface area contributed by atoms with Crippen LogP contribution in [0.3, 0.4) is 0 Å². The van der Waals surface area contributed by atoms with Crippen LogP contribution in [0.4, 0.5) is 0 Å². The highest BCUT2D eigenvalue weighted by atomic mass is 16.3. The molecule has 1 N–H and O–H groups in total. The van der Waals surface area contributed by atoms with E-state index in [1.807, 2.05) is 11.9 Å². The second-order valence-corrected chi connectivity index (χ2v) is 6.27. The van der Waals surface area contributed by atoms with E-state index in [9.17, 15) is 9.90 Å². The topological polar surface area (TPSA) is 67.6 Å². The number of hydrogen-bond acceptors (Lipinski definition) is 4. The number of rotatable bonds is 7. The summed E-state index contributed by atoms with van der Waals surface area (Å²) in [5.74, 6) is -0.0170. The molecule has 1 unspecified atom stereocenters. The number of benzene rings is 1. The molecule has 1 aromatic carbocycles. The van der Waals surface area contributed by atoms with E-state index in [1.165, 1.54) is 0 Å². The quantitative estimate of drug-likeness (QED) is 0.834. The third-order valence-corrected chi connectivity index (χ3v) is 4.43. The molecule has 5 heteroatoms. The number of aliphatic hydroxyl groups excluding tert-OH is 1. The van der Waals surface area contributed by atoms with E-state index >= 15 is 0 Å². The number of carbonyl (C=O) groups is 1. The van der Waals surface area contributed by atoms with Gasteiger partial charge in [-0.25, -0.2) is 0 Å². The predicted molar refractivity (Wildman–Crippen MR) is 89.0 cm³/mol. The molecule has 124 valence electrons. The Morgan fingerprint density at radius 1 is 1.43 bits per heavy atom. The Kier molecular flexibility index (Phi) is 6.14. The average molecular weight is 315 g/mol. The van der Waals surface area contributed by atoms with Crippen LogP contribution in [0, 0.1) is 11.3 Å². The van der Waals surface area contributed by atoms with Crippen LogP contribution in [0.5, 0.6) is 0 Å². The average Bonchev–Trinajstić information content (AvgIpc) is 2.55. The highest BCUT2D eigenvalue weighted by Gasteiger charge is 2.29. The standard InChI is InChI=1S/C18H25N3O2/c1-3-4-5-16(11-21-12-17(22)13-21)20(2)18(23)15-8-6-14(10-19)7-9-15/h6-9,16-17,22H,3-5,11-13H2,1-2H3. The molecule has 0 bridgehead atoms. The van der Waals surface area contributed by atoms with Crippen molar-refractivity contribution in [3.8, 4) is 6.07 Å². The van der Waals surface area contributed by atoms with Gasteiger partial charge in [0.2, 0.25) is 0 Å². The number of aliphatic hydroxyl groups is 1. The van der Waals surface area contributed by atoms with Crippen molar-refractivity contribution in [2.24, 2.45) is 0 Å². The molecule has 1 aliphatic heterocycles. The first-order valence-corrected chi connectivity index (χ1v) is 8.23. The van der Waals surface area contributed by atoms with Crippen molar-refractivity contribution in [3.05, 3.63) is 35.4 Å². The molecule has 5 nitrogen and oxygen atoms in total. The van der Waals surface area contributed by atoms with Crippen molar-refractivity contribution < 1.29 is 9.90 Å². The van der Waals surface area contributed by atoms with Gasteiger partial charge in [-0.05, 0) is 30.7 Å². The Morgan fingerprint density at radius 2 is 2.09 bits per heavy atom. The zero-order valence-corrected chi connectivity index (χ0v) is 13.9. The second-order valence-electron chi connectivity index (χ2n) is 6.27. The summed E-state index contributed by atoms with van der Waals surface area (Å²) in [5.41, 5.74) is 1.16. The Balaban J connectivity index is 2.03. The van der Waals surface area contributed by atoms with Crippen molar-refractivity contribution in [3.63, 3.8) is 0 Å². The maximum atomic E-state index is 12.7. The summed E-state index contributed by atoms with van der Waals surface area (Å²) in [6.07, 6.45) is 2.91. The molecule has 1 amide bonds. The molecule has 23 heavy (non-hydrogen) atoms. The SMILES string of the molecule is CCCCC(CN1CC(O)C1)N(C)C(=O)c1ccc(C#N)cc1. The molecule has 1 aromatic rings. The van der Waals surface area contributed by atoms with Gasteiger partial charge >= 0.3 is 0 Å². The van der Waals surface area contributed by atoms with E-state index in [-0.39, 0.29) is 18.1 Å². The van der Waals surface area contributed by atoms with Crippen molar-refractivity contribution in [2.75, 3.05) is 26.7 Å². The number of nitriles is 1. The van der Waals surface area contributed by atoms with Gasteiger partial charge in [0.15, 0.2) is 0 Å². The van der Waals surface area contributed by atoms with Crippen LogP contribution in [0.1, 0.15) is 42.1 Å². The van der Waals surface area contributed by atoms with E-state index in [0.717, 1.165) is 25.8 Å². The monoisotopic (exact) mass is 315 g/mol. The third kappa shape index (κ3) is 4.54. The maximum absolute atomic E-state index is 12.7. The zero-order valence-electron chi connectivity index (χ0n) is 13.9. The van der Waals surface area contributed by atoms with Crippen molar-refractivity contribution in [1.82, 2.24) is 9.80 Å². The number of hydrogen-bond donors (Lipinski definition) is 1. The van der Waals surface area contributed by atoms with Gasteiger partial charge < -0.3 is 10.0 Å². The van der Waals surface area contributed by atoms with Crippen molar-refractivity contribution in [1.29, 1.82) is 5.26 Å². The molecule has 0 spiro atoms. The molecule has 1 fully saturated rings. The predicted octanol–water partition coefficient (Wildman–Crippen LogP) is 1.87.